The maximum absolute atomic E-state index is 12.5. The van der Waals surface area contributed by atoms with E-state index in [0.717, 1.165) is 11.1 Å². The van der Waals surface area contributed by atoms with Crippen molar-refractivity contribution >= 4 is 17.7 Å². The van der Waals surface area contributed by atoms with Gasteiger partial charge < -0.3 is 10.1 Å². The minimum atomic E-state index is -0.436. The Morgan fingerprint density at radius 2 is 1.92 bits per heavy atom. The molecule has 0 heterocycles. The minimum Gasteiger partial charge on any atom is -0.493 e. The average Bonchev–Trinajstić information content (AvgIpc) is 2.61. The topological polar surface area (TPSA) is 62.1 Å². The van der Waals surface area contributed by atoms with E-state index in [2.05, 4.69) is 19.2 Å². The molecule has 0 atom stereocenters. The maximum Gasteiger partial charge on any atom is 0.266 e. The zero-order valence-electron chi connectivity index (χ0n) is 15.7. The molecule has 0 unspecified atom stereocenters. The molecule has 1 amide bonds. The van der Waals surface area contributed by atoms with Gasteiger partial charge in [-0.3, -0.25) is 4.79 Å². The molecule has 26 heavy (non-hydrogen) atoms. The van der Waals surface area contributed by atoms with Crippen LogP contribution in [0.3, 0.4) is 0 Å². The number of nitrogens with one attached hydrogen (secondary N) is 1. The number of carbonyl (C=O) groups excluding carboxylic acids is 1. The molecule has 0 aliphatic heterocycles. The highest BCUT2D eigenvalue weighted by molar-refractivity contribution is 6.09. The van der Waals surface area contributed by atoms with E-state index in [0.29, 0.717) is 29.5 Å². The number of carbonyl (C=O) groups is 1. The first-order valence-corrected chi connectivity index (χ1v) is 8.63. The Hall–Kier alpha value is -3.06. The summed E-state index contributed by atoms with van der Waals surface area (Å²) in [5.41, 5.74) is 3.64. The summed E-state index contributed by atoms with van der Waals surface area (Å²) in [5.74, 6) is 0.609. The Morgan fingerprint density at radius 1 is 1.19 bits per heavy atom. The first kappa shape index (κ1) is 19.3. The van der Waals surface area contributed by atoms with Crippen molar-refractivity contribution < 1.29 is 9.53 Å². The summed E-state index contributed by atoms with van der Waals surface area (Å²) in [7, 11) is 0. The van der Waals surface area contributed by atoms with E-state index in [9.17, 15) is 10.1 Å². The first-order chi connectivity index (χ1) is 12.4. The molecule has 0 aromatic heterocycles. The van der Waals surface area contributed by atoms with E-state index in [4.69, 9.17) is 4.74 Å². The predicted octanol–water partition coefficient (Wildman–Crippen LogP) is 4.88. The van der Waals surface area contributed by atoms with Crippen molar-refractivity contribution in [3.05, 3.63) is 64.7 Å². The van der Waals surface area contributed by atoms with Crippen LogP contribution < -0.4 is 10.1 Å². The fourth-order valence-corrected chi connectivity index (χ4v) is 2.31. The molecule has 0 aliphatic carbocycles. The molecule has 2 aromatic carbocycles. The second kappa shape index (κ2) is 8.87. The van der Waals surface area contributed by atoms with Crippen LogP contribution in [0.5, 0.6) is 5.75 Å². The van der Waals surface area contributed by atoms with E-state index < -0.39 is 5.91 Å². The first-order valence-electron chi connectivity index (χ1n) is 8.63. The number of hydrogen-bond acceptors (Lipinski definition) is 3. The van der Waals surface area contributed by atoms with Crippen LogP contribution >= 0.6 is 0 Å². The molecule has 4 nitrogen and oxygen atoms in total. The molecule has 0 saturated heterocycles. The molecule has 134 valence electrons. The van der Waals surface area contributed by atoms with E-state index in [1.807, 2.05) is 62.4 Å². The van der Waals surface area contributed by atoms with Crippen molar-refractivity contribution in [3.63, 3.8) is 0 Å². The number of benzene rings is 2. The number of hydrogen-bond donors (Lipinski definition) is 1. The summed E-state index contributed by atoms with van der Waals surface area (Å²) in [6.45, 7) is 8.69. The summed E-state index contributed by atoms with van der Waals surface area (Å²) in [6, 6.07) is 15.0. The van der Waals surface area contributed by atoms with Crippen LogP contribution in [0, 0.1) is 31.1 Å². The van der Waals surface area contributed by atoms with Crippen molar-refractivity contribution in [1.82, 2.24) is 0 Å². The van der Waals surface area contributed by atoms with Crippen molar-refractivity contribution in [3.8, 4) is 11.8 Å². The quantitative estimate of drug-likeness (QED) is 0.597. The Balaban J connectivity index is 2.23. The van der Waals surface area contributed by atoms with Gasteiger partial charge in [-0.2, -0.15) is 5.26 Å². The molecular weight excluding hydrogens is 324 g/mol. The van der Waals surface area contributed by atoms with Gasteiger partial charge in [0.25, 0.3) is 5.91 Å². The van der Waals surface area contributed by atoms with Gasteiger partial charge >= 0.3 is 0 Å². The van der Waals surface area contributed by atoms with Gasteiger partial charge in [-0.15, -0.1) is 0 Å². The second-order valence-electron chi connectivity index (χ2n) is 6.67. The van der Waals surface area contributed by atoms with Crippen LogP contribution in [0.2, 0.25) is 0 Å². The van der Waals surface area contributed by atoms with Crippen molar-refractivity contribution in [2.75, 3.05) is 11.9 Å². The van der Waals surface area contributed by atoms with Crippen molar-refractivity contribution in [2.45, 2.75) is 27.7 Å². The number of anilines is 1. The van der Waals surface area contributed by atoms with Crippen molar-refractivity contribution in [2.24, 2.45) is 5.92 Å². The van der Waals surface area contributed by atoms with Crippen LogP contribution in [-0.2, 0) is 4.79 Å². The third-order valence-corrected chi connectivity index (χ3v) is 3.92. The Labute approximate surface area is 155 Å². The van der Waals surface area contributed by atoms with E-state index in [1.165, 1.54) is 0 Å². The highest BCUT2D eigenvalue weighted by atomic mass is 16.5. The largest absolute Gasteiger partial charge is 0.493 e. The van der Waals surface area contributed by atoms with E-state index in [-0.39, 0.29) is 5.57 Å². The van der Waals surface area contributed by atoms with Crippen LogP contribution in [0.1, 0.15) is 30.5 Å². The zero-order chi connectivity index (χ0) is 19.1. The third kappa shape index (κ3) is 5.22. The molecule has 2 aromatic rings. The lowest BCUT2D eigenvalue weighted by Gasteiger charge is -2.11. The Morgan fingerprint density at radius 3 is 2.58 bits per heavy atom. The number of amides is 1. The summed E-state index contributed by atoms with van der Waals surface area (Å²) in [5, 5.41) is 12.2. The Kier molecular flexibility index (Phi) is 6.57. The molecule has 0 bridgehead atoms. The lowest BCUT2D eigenvalue weighted by Crippen LogP contribution is -2.13. The number of nitrogens with zero attached hydrogens (tertiary/aromatic N) is 1. The molecule has 0 aliphatic rings. The van der Waals surface area contributed by atoms with Gasteiger partial charge in [0.1, 0.15) is 17.4 Å². The molecule has 2 rings (SSSR count). The highest BCUT2D eigenvalue weighted by Crippen LogP contribution is 2.22. The van der Waals surface area contributed by atoms with Crippen LogP contribution in [0.4, 0.5) is 5.69 Å². The maximum atomic E-state index is 12.5. The number of aryl methyl sites for hydroxylation is 2. The number of para-hydroxylation sites is 1. The molecule has 4 heteroatoms. The van der Waals surface area contributed by atoms with Crippen LogP contribution in [0.15, 0.2) is 48.0 Å². The van der Waals surface area contributed by atoms with Crippen molar-refractivity contribution in [1.29, 1.82) is 5.26 Å². The minimum absolute atomic E-state index is 0.0313. The fourth-order valence-electron chi connectivity index (χ4n) is 2.31. The Bertz CT molecular complexity index is 861. The number of nitriles is 1. The molecule has 0 saturated carbocycles. The van der Waals surface area contributed by atoms with Gasteiger partial charge in [0.05, 0.1) is 6.61 Å². The van der Waals surface area contributed by atoms with E-state index >= 15 is 0 Å². The standard InChI is InChI=1S/C22H24N2O2/c1-15(2)14-26-21-8-6-5-7-18(21)12-19(13-23)22(25)24-20-10-9-16(3)17(4)11-20/h5-12,15H,14H2,1-4H3,(H,24,25)/b19-12+. The monoisotopic (exact) mass is 348 g/mol. The summed E-state index contributed by atoms with van der Waals surface area (Å²) in [4.78, 5) is 12.5. The SMILES string of the molecule is Cc1ccc(NC(=O)/C(C#N)=C/c2ccccc2OCC(C)C)cc1C. The van der Waals surface area contributed by atoms with Gasteiger partial charge in [-0.1, -0.05) is 38.1 Å². The molecule has 0 spiro atoms. The zero-order valence-corrected chi connectivity index (χ0v) is 15.7. The smallest absolute Gasteiger partial charge is 0.266 e. The summed E-state index contributed by atoms with van der Waals surface area (Å²) in [6.07, 6.45) is 1.56. The lowest BCUT2D eigenvalue weighted by atomic mass is 10.1. The van der Waals surface area contributed by atoms with E-state index in [1.54, 1.807) is 6.08 Å². The molecule has 1 N–H and O–H groups in total. The lowest BCUT2D eigenvalue weighted by molar-refractivity contribution is -0.112. The highest BCUT2D eigenvalue weighted by Gasteiger charge is 2.12. The van der Waals surface area contributed by atoms with Gasteiger partial charge in [-0.05, 0) is 55.2 Å². The average molecular weight is 348 g/mol. The normalized spacial score (nSPS) is 11.2. The summed E-state index contributed by atoms with van der Waals surface area (Å²) >= 11 is 0. The third-order valence-electron chi connectivity index (χ3n) is 3.92. The fraction of sp³-hybridized carbons (Fsp3) is 0.273. The molecule has 0 fully saturated rings. The van der Waals surface area contributed by atoms with Gasteiger partial charge in [0.2, 0.25) is 0 Å². The van der Waals surface area contributed by atoms with Gasteiger partial charge in [0, 0.05) is 11.3 Å². The van der Waals surface area contributed by atoms with Gasteiger partial charge in [0.15, 0.2) is 0 Å². The second-order valence-corrected chi connectivity index (χ2v) is 6.67. The number of rotatable bonds is 6. The molecular formula is C22H24N2O2. The predicted molar refractivity (Wildman–Crippen MR) is 105 cm³/mol. The van der Waals surface area contributed by atoms with Gasteiger partial charge in [-0.25, -0.2) is 0 Å². The molecule has 0 radical (unpaired) electrons. The summed E-state index contributed by atoms with van der Waals surface area (Å²) < 4.78 is 5.79. The van der Waals surface area contributed by atoms with Crippen LogP contribution in [-0.4, -0.2) is 12.5 Å². The number of ether oxygens (including phenoxy) is 1. The van der Waals surface area contributed by atoms with Crippen LogP contribution in [0.25, 0.3) is 6.08 Å².